The molecule has 1 aromatic heterocycles. The van der Waals surface area contributed by atoms with Crippen molar-refractivity contribution < 1.29 is 14.7 Å². The Morgan fingerprint density at radius 3 is 2.73 bits per heavy atom. The summed E-state index contributed by atoms with van der Waals surface area (Å²) in [6.07, 6.45) is 4.93. The van der Waals surface area contributed by atoms with Gasteiger partial charge in [-0.3, -0.25) is 19.3 Å². The Morgan fingerprint density at radius 2 is 2.04 bits per heavy atom. The van der Waals surface area contributed by atoms with Crippen LogP contribution < -0.4 is 5.43 Å². The predicted molar refractivity (Wildman–Crippen MR) is 95.3 cm³/mol. The van der Waals surface area contributed by atoms with Crippen LogP contribution in [0.5, 0.6) is 5.75 Å². The second-order valence-corrected chi connectivity index (χ2v) is 8.18. The van der Waals surface area contributed by atoms with Gasteiger partial charge in [0.2, 0.25) is 5.43 Å². The molecule has 3 heterocycles. The van der Waals surface area contributed by atoms with E-state index in [1.54, 1.807) is 4.57 Å². The molecule has 0 bridgehead atoms. The summed E-state index contributed by atoms with van der Waals surface area (Å²) in [5.74, 6) is 0.0232. The number of carbonyl (C=O) groups excluding carboxylic acids is 2. The lowest BCUT2D eigenvalue weighted by Gasteiger charge is -2.53. The Morgan fingerprint density at radius 1 is 1.27 bits per heavy atom. The molecule has 3 atom stereocenters. The fourth-order valence-corrected chi connectivity index (χ4v) is 4.99. The number of hydrogen-bond donors (Lipinski definition) is 1. The van der Waals surface area contributed by atoms with E-state index in [0.717, 1.165) is 32.4 Å². The minimum atomic E-state index is -0.767. The summed E-state index contributed by atoms with van der Waals surface area (Å²) < 4.78 is 1.59. The first-order valence-electron chi connectivity index (χ1n) is 9.40. The molecule has 3 unspecified atom stereocenters. The van der Waals surface area contributed by atoms with Crippen molar-refractivity contribution >= 4 is 12.2 Å². The SMILES string of the molecule is CC(C)CN1CC2CCCC2N2C(=O)c3c(O)c(=O)c(C=O)cn3CC12. The smallest absolute Gasteiger partial charge is 0.276 e. The highest BCUT2D eigenvalue weighted by Gasteiger charge is 2.49. The summed E-state index contributed by atoms with van der Waals surface area (Å²) in [5, 5.41) is 10.3. The number of fused-ring (bicyclic) bond motifs is 4. The number of aldehydes is 1. The van der Waals surface area contributed by atoms with Gasteiger partial charge in [-0.05, 0) is 24.7 Å². The number of hydrogen-bond acceptors (Lipinski definition) is 5. The van der Waals surface area contributed by atoms with Crippen LogP contribution in [0.25, 0.3) is 0 Å². The van der Waals surface area contributed by atoms with Gasteiger partial charge in [-0.2, -0.15) is 0 Å². The summed E-state index contributed by atoms with van der Waals surface area (Å²) >= 11 is 0. The fourth-order valence-electron chi connectivity index (χ4n) is 4.99. The monoisotopic (exact) mass is 359 g/mol. The molecule has 1 aliphatic carbocycles. The topological polar surface area (TPSA) is 82.8 Å². The average Bonchev–Trinajstić information content (AvgIpc) is 3.05. The Balaban J connectivity index is 1.82. The Hall–Kier alpha value is -2.15. The zero-order valence-corrected chi connectivity index (χ0v) is 15.2. The second-order valence-electron chi connectivity index (χ2n) is 8.18. The summed E-state index contributed by atoms with van der Waals surface area (Å²) in [5.41, 5.74) is -0.858. The molecular formula is C19H25N3O4. The highest BCUT2D eigenvalue weighted by Crippen LogP contribution is 2.40. The van der Waals surface area contributed by atoms with E-state index in [1.807, 2.05) is 4.90 Å². The Bertz CT molecular complexity index is 816. The van der Waals surface area contributed by atoms with Crippen molar-refractivity contribution in [1.82, 2.24) is 14.4 Å². The predicted octanol–water partition coefficient (Wildman–Crippen LogP) is 1.29. The van der Waals surface area contributed by atoms with Crippen molar-refractivity contribution in [2.45, 2.75) is 51.9 Å². The molecule has 7 heteroatoms. The Kier molecular flexibility index (Phi) is 4.14. The van der Waals surface area contributed by atoms with Crippen molar-refractivity contribution in [3.63, 3.8) is 0 Å². The maximum atomic E-state index is 13.3. The molecule has 2 aliphatic heterocycles. The van der Waals surface area contributed by atoms with Crippen molar-refractivity contribution in [1.29, 1.82) is 0 Å². The first-order chi connectivity index (χ1) is 12.4. The minimum Gasteiger partial charge on any atom is -0.503 e. The van der Waals surface area contributed by atoms with Crippen LogP contribution in [0.2, 0.25) is 0 Å². The molecule has 0 aromatic carbocycles. The molecule has 4 rings (SSSR count). The highest BCUT2D eigenvalue weighted by molar-refractivity contribution is 5.97. The van der Waals surface area contributed by atoms with Crippen LogP contribution in [0, 0.1) is 11.8 Å². The molecule has 1 amide bonds. The number of aromatic hydroxyl groups is 1. The van der Waals surface area contributed by atoms with Gasteiger partial charge >= 0.3 is 0 Å². The van der Waals surface area contributed by atoms with Gasteiger partial charge in [0, 0.05) is 25.3 Å². The van der Waals surface area contributed by atoms with Gasteiger partial charge in [0.05, 0.1) is 12.1 Å². The summed E-state index contributed by atoms with van der Waals surface area (Å²) in [6.45, 7) is 6.65. The van der Waals surface area contributed by atoms with Crippen LogP contribution in [0.15, 0.2) is 11.0 Å². The molecule has 7 nitrogen and oxygen atoms in total. The van der Waals surface area contributed by atoms with Crippen LogP contribution in [0.1, 0.15) is 54.0 Å². The fraction of sp³-hybridized carbons (Fsp3) is 0.632. The molecule has 3 aliphatic rings. The summed E-state index contributed by atoms with van der Waals surface area (Å²) in [7, 11) is 0. The van der Waals surface area contributed by atoms with E-state index in [4.69, 9.17) is 0 Å². The third-order valence-electron chi connectivity index (χ3n) is 6.00. The van der Waals surface area contributed by atoms with Crippen molar-refractivity contribution in [2.75, 3.05) is 13.1 Å². The number of amides is 1. The summed E-state index contributed by atoms with van der Waals surface area (Å²) in [4.78, 5) is 40.8. The maximum absolute atomic E-state index is 13.3. The first kappa shape index (κ1) is 17.3. The minimum absolute atomic E-state index is 0.0221. The van der Waals surface area contributed by atoms with E-state index >= 15 is 0 Å². The van der Waals surface area contributed by atoms with Crippen molar-refractivity contribution in [3.8, 4) is 5.75 Å². The van der Waals surface area contributed by atoms with E-state index in [1.165, 1.54) is 6.20 Å². The highest BCUT2D eigenvalue weighted by atomic mass is 16.3. The van der Waals surface area contributed by atoms with Gasteiger partial charge in [0.15, 0.2) is 17.7 Å². The van der Waals surface area contributed by atoms with Gasteiger partial charge in [-0.1, -0.05) is 20.3 Å². The standard InChI is InChI=1S/C19H25N3O4/c1-11(2)6-20-7-12-4-3-5-14(12)22-15(20)9-21-8-13(10-23)17(24)18(25)16(21)19(22)26/h8,10-12,14-15,25H,3-7,9H2,1-2H3. The molecule has 0 radical (unpaired) electrons. The Labute approximate surface area is 152 Å². The first-order valence-corrected chi connectivity index (χ1v) is 9.40. The van der Waals surface area contributed by atoms with Gasteiger partial charge in [-0.15, -0.1) is 0 Å². The lowest BCUT2D eigenvalue weighted by atomic mass is 9.93. The molecule has 1 aromatic rings. The number of nitrogens with zero attached hydrogens (tertiary/aromatic N) is 3. The van der Waals surface area contributed by atoms with Gasteiger partial charge < -0.3 is 14.6 Å². The molecule has 1 saturated heterocycles. The van der Waals surface area contributed by atoms with Gasteiger partial charge in [-0.25, -0.2) is 0 Å². The number of pyridine rings is 1. The van der Waals surface area contributed by atoms with Gasteiger partial charge in [0.1, 0.15) is 6.17 Å². The molecular weight excluding hydrogens is 334 g/mol. The molecule has 26 heavy (non-hydrogen) atoms. The van der Waals surface area contributed by atoms with E-state index < -0.39 is 11.2 Å². The lowest BCUT2D eigenvalue weighted by molar-refractivity contribution is -0.0580. The third-order valence-corrected chi connectivity index (χ3v) is 6.00. The number of carbonyl (C=O) groups is 2. The third kappa shape index (κ3) is 2.48. The molecule has 2 fully saturated rings. The largest absolute Gasteiger partial charge is 0.503 e. The van der Waals surface area contributed by atoms with Crippen LogP contribution in [0.4, 0.5) is 0 Å². The lowest BCUT2D eigenvalue weighted by Crippen LogP contribution is -2.66. The molecule has 0 spiro atoms. The van der Waals surface area contributed by atoms with E-state index in [-0.39, 0.29) is 29.4 Å². The number of aromatic nitrogens is 1. The quantitative estimate of drug-likeness (QED) is 0.823. The van der Waals surface area contributed by atoms with Crippen molar-refractivity contribution in [2.24, 2.45) is 11.8 Å². The van der Waals surface area contributed by atoms with Crippen LogP contribution in [-0.2, 0) is 6.54 Å². The number of rotatable bonds is 3. The van der Waals surface area contributed by atoms with Crippen LogP contribution >= 0.6 is 0 Å². The van der Waals surface area contributed by atoms with E-state index in [0.29, 0.717) is 24.7 Å². The van der Waals surface area contributed by atoms with Crippen LogP contribution in [-0.4, -0.2) is 57.0 Å². The average molecular weight is 359 g/mol. The van der Waals surface area contributed by atoms with Gasteiger partial charge in [0.25, 0.3) is 5.91 Å². The normalized spacial score (nSPS) is 28.0. The van der Waals surface area contributed by atoms with Crippen LogP contribution in [0.3, 0.4) is 0 Å². The zero-order chi connectivity index (χ0) is 18.6. The van der Waals surface area contributed by atoms with E-state index in [2.05, 4.69) is 18.7 Å². The van der Waals surface area contributed by atoms with Crippen molar-refractivity contribution in [3.05, 3.63) is 27.7 Å². The zero-order valence-electron chi connectivity index (χ0n) is 15.2. The molecule has 140 valence electrons. The molecule has 1 N–H and O–H groups in total. The molecule has 1 saturated carbocycles. The summed E-state index contributed by atoms with van der Waals surface area (Å²) in [6, 6.07) is 0.171. The van der Waals surface area contributed by atoms with E-state index in [9.17, 15) is 19.5 Å². The maximum Gasteiger partial charge on any atom is 0.276 e. The second kappa shape index (κ2) is 6.23.